The number of anilines is 1. The second-order valence-electron chi connectivity index (χ2n) is 5.56. The quantitative estimate of drug-likeness (QED) is 0.865. The van der Waals surface area contributed by atoms with Crippen LogP contribution in [-0.4, -0.2) is 12.7 Å². The van der Waals surface area contributed by atoms with Crippen molar-refractivity contribution in [2.75, 3.05) is 11.9 Å². The molecule has 0 spiro atoms. The van der Waals surface area contributed by atoms with Crippen LogP contribution in [0.15, 0.2) is 36.4 Å². The minimum absolute atomic E-state index is 0.339. The lowest BCUT2D eigenvalue weighted by Crippen LogP contribution is -2.15. The van der Waals surface area contributed by atoms with E-state index in [9.17, 15) is 4.79 Å². The largest absolute Gasteiger partial charge is 0.489 e. The van der Waals surface area contributed by atoms with Crippen LogP contribution < -0.4 is 10.1 Å². The van der Waals surface area contributed by atoms with Gasteiger partial charge in [-0.05, 0) is 45.4 Å². The van der Waals surface area contributed by atoms with Crippen molar-refractivity contribution in [3.8, 4) is 5.75 Å². The van der Waals surface area contributed by atoms with E-state index in [0.29, 0.717) is 18.9 Å². The third-order valence-corrected chi connectivity index (χ3v) is 3.49. The fraction of sp³-hybridized carbons (Fsp3) is 0.316. The first-order valence-corrected chi connectivity index (χ1v) is 7.73. The van der Waals surface area contributed by atoms with Crippen molar-refractivity contribution >= 4 is 11.8 Å². The van der Waals surface area contributed by atoms with Gasteiger partial charge in [0.1, 0.15) is 12.4 Å². The molecule has 2 rings (SSSR count). The molecule has 0 saturated carbocycles. The van der Waals surface area contributed by atoms with Crippen molar-refractivity contribution in [3.63, 3.8) is 0 Å². The summed E-state index contributed by atoms with van der Waals surface area (Å²) in [5.41, 5.74) is 5.03. The Hall–Kier alpha value is -2.49. The number of hydrogen-bond donors (Lipinski definition) is 1. The zero-order valence-electron chi connectivity index (χ0n) is 14.1. The van der Waals surface area contributed by atoms with Gasteiger partial charge in [0, 0.05) is 5.56 Å². The number of benzene rings is 2. The number of ether oxygens (including phenoxy) is 2. The second-order valence-corrected chi connectivity index (χ2v) is 5.56. The first-order valence-electron chi connectivity index (χ1n) is 7.73. The lowest BCUT2D eigenvalue weighted by Gasteiger charge is -2.14. The Balaban J connectivity index is 2.14. The molecule has 0 aliphatic carbocycles. The first kappa shape index (κ1) is 16.9. The van der Waals surface area contributed by atoms with E-state index in [2.05, 4.69) is 18.3 Å². The van der Waals surface area contributed by atoms with Gasteiger partial charge in [0.05, 0.1) is 12.3 Å². The summed E-state index contributed by atoms with van der Waals surface area (Å²) >= 11 is 0. The summed E-state index contributed by atoms with van der Waals surface area (Å²) in [6.45, 7) is 8.59. The van der Waals surface area contributed by atoms with Crippen LogP contribution in [0, 0.1) is 20.8 Å². The normalized spacial score (nSPS) is 10.3. The summed E-state index contributed by atoms with van der Waals surface area (Å²) in [7, 11) is 0. The summed E-state index contributed by atoms with van der Waals surface area (Å²) in [6, 6.07) is 11.9. The van der Waals surface area contributed by atoms with Crippen molar-refractivity contribution in [1.82, 2.24) is 0 Å². The number of hydrogen-bond acceptors (Lipinski definition) is 3. The Kier molecular flexibility index (Phi) is 5.63. The van der Waals surface area contributed by atoms with Gasteiger partial charge in [0.2, 0.25) is 0 Å². The summed E-state index contributed by atoms with van der Waals surface area (Å²) < 4.78 is 10.9. The highest BCUT2D eigenvalue weighted by molar-refractivity contribution is 5.85. The van der Waals surface area contributed by atoms with Crippen LogP contribution in [0.3, 0.4) is 0 Å². The van der Waals surface area contributed by atoms with Crippen molar-refractivity contribution < 1.29 is 14.3 Å². The van der Waals surface area contributed by atoms with E-state index in [1.807, 2.05) is 44.2 Å². The topological polar surface area (TPSA) is 47.6 Å². The van der Waals surface area contributed by atoms with Gasteiger partial charge < -0.3 is 9.47 Å². The van der Waals surface area contributed by atoms with Crippen LogP contribution in [0.2, 0.25) is 0 Å². The third kappa shape index (κ3) is 4.74. The van der Waals surface area contributed by atoms with Gasteiger partial charge in [-0.15, -0.1) is 0 Å². The van der Waals surface area contributed by atoms with Crippen molar-refractivity contribution in [2.24, 2.45) is 0 Å². The molecule has 0 aromatic heterocycles. The minimum Gasteiger partial charge on any atom is -0.489 e. The molecule has 0 unspecified atom stereocenters. The molecular weight excluding hydrogens is 290 g/mol. The van der Waals surface area contributed by atoms with Crippen molar-refractivity contribution in [2.45, 2.75) is 34.3 Å². The fourth-order valence-corrected chi connectivity index (χ4v) is 2.36. The molecular formula is C19H23NO3. The predicted octanol–water partition coefficient (Wildman–Crippen LogP) is 4.76. The molecule has 0 aliphatic rings. The number of carbonyl (C=O) groups excluding carboxylic acids is 1. The van der Waals surface area contributed by atoms with Crippen molar-refractivity contribution in [1.29, 1.82) is 0 Å². The molecule has 0 atom stereocenters. The molecule has 2 aromatic rings. The molecule has 0 fully saturated rings. The highest BCUT2D eigenvalue weighted by Crippen LogP contribution is 2.23. The van der Waals surface area contributed by atoms with Crippen LogP contribution in [0.4, 0.5) is 10.5 Å². The van der Waals surface area contributed by atoms with Gasteiger partial charge in [-0.3, -0.25) is 5.32 Å². The fourth-order valence-electron chi connectivity index (χ4n) is 2.36. The van der Waals surface area contributed by atoms with Gasteiger partial charge in [0.15, 0.2) is 0 Å². The van der Waals surface area contributed by atoms with E-state index in [1.165, 1.54) is 5.56 Å². The molecule has 2 aromatic carbocycles. The summed E-state index contributed by atoms with van der Waals surface area (Å²) in [5, 5.41) is 2.76. The first-order chi connectivity index (χ1) is 11.0. The number of nitrogens with one attached hydrogen (secondary N) is 1. The molecule has 0 heterocycles. The maximum atomic E-state index is 11.6. The Morgan fingerprint density at radius 2 is 1.74 bits per heavy atom. The molecule has 23 heavy (non-hydrogen) atoms. The molecule has 0 aliphatic heterocycles. The predicted molar refractivity (Wildman–Crippen MR) is 92.1 cm³/mol. The zero-order chi connectivity index (χ0) is 16.8. The molecule has 4 nitrogen and oxygen atoms in total. The number of amides is 1. The van der Waals surface area contributed by atoms with Crippen LogP contribution in [0.25, 0.3) is 0 Å². The lowest BCUT2D eigenvalue weighted by molar-refractivity contribution is 0.168. The Labute approximate surface area is 137 Å². The zero-order valence-corrected chi connectivity index (χ0v) is 14.1. The van der Waals surface area contributed by atoms with E-state index in [1.54, 1.807) is 6.92 Å². The van der Waals surface area contributed by atoms with Gasteiger partial charge >= 0.3 is 6.09 Å². The number of aryl methyl sites for hydroxylation is 3. The van der Waals surface area contributed by atoms with Gasteiger partial charge in [-0.25, -0.2) is 4.79 Å². The summed E-state index contributed by atoms with van der Waals surface area (Å²) in [5.74, 6) is 0.846. The van der Waals surface area contributed by atoms with E-state index < -0.39 is 6.09 Å². The molecule has 0 radical (unpaired) electrons. The summed E-state index contributed by atoms with van der Waals surface area (Å²) in [6.07, 6.45) is -0.455. The smallest absolute Gasteiger partial charge is 0.411 e. The molecule has 1 amide bonds. The highest BCUT2D eigenvalue weighted by Gasteiger charge is 2.09. The van der Waals surface area contributed by atoms with Crippen LogP contribution >= 0.6 is 0 Å². The Morgan fingerprint density at radius 3 is 2.43 bits per heavy atom. The van der Waals surface area contributed by atoms with E-state index in [4.69, 9.17) is 9.47 Å². The third-order valence-electron chi connectivity index (χ3n) is 3.49. The molecule has 0 bridgehead atoms. The van der Waals surface area contributed by atoms with Crippen LogP contribution in [0.5, 0.6) is 5.75 Å². The van der Waals surface area contributed by atoms with Gasteiger partial charge in [0.25, 0.3) is 0 Å². The molecule has 0 saturated heterocycles. The maximum Gasteiger partial charge on any atom is 0.411 e. The standard InChI is InChI=1S/C19H23NO3/c1-5-22-19(21)20-17-8-6-14(3)11-16(17)12-23-18-9-7-13(2)10-15(18)4/h6-11H,5,12H2,1-4H3,(H,20,21). The van der Waals surface area contributed by atoms with E-state index in [-0.39, 0.29) is 0 Å². The molecule has 1 N–H and O–H groups in total. The average Bonchev–Trinajstić information content (AvgIpc) is 2.49. The molecule has 122 valence electrons. The summed E-state index contributed by atoms with van der Waals surface area (Å²) in [4.78, 5) is 11.6. The van der Waals surface area contributed by atoms with Crippen LogP contribution in [-0.2, 0) is 11.3 Å². The number of carbonyl (C=O) groups is 1. The monoisotopic (exact) mass is 313 g/mol. The highest BCUT2D eigenvalue weighted by atomic mass is 16.5. The average molecular weight is 313 g/mol. The Bertz CT molecular complexity index is 695. The van der Waals surface area contributed by atoms with E-state index in [0.717, 1.165) is 22.4 Å². The maximum absolute atomic E-state index is 11.6. The lowest BCUT2D eigenvalue weighted by atomic mass is 10.1. The van der Waals surface area contributed by atoms with E-state index >= 15 is 0 Å². The van der Waals surface area contributed by atoms with Crippen LogP contribution in [0.1, 0.15) is 29.2 Å². The van der Waals surface area contributed by atoms with Crippen molar-refractivity contribution in [3.05, 3.63) is 58.7 Å². The minimum atomic E-state index is -0.455. The second kappa shape index (κ2) is 7.68. The van der Waals surface area contributed by atoms with Gasteiger partial charge in [-0.2, -0.15) is 0 Å². The Morgan fingerprint density at radius 1 is 1.04 bits per heavy atom. The van der Waals surface area contributed by atoms with Gasteiger partial charge in [-0.1, -0.05) is 35.4 Å². The SMILES string of the molecule is CCOC(=O)Nc1ccc(C)cc1COc1ccc(C)cc1C. The number of rotatable bonds is 5. The molecule has 4 heteroatoms.